The third-order valence-electron chi connectivity index (χ3n) is 3.43. The van der Waals surface area contributed by atoms with Crippen LogP contribution in [0.15, 0.2) is 17.1 Å². The summed E-state index contributed by atoms with van der Waals surface area (Å²) in [4.78, 5) is 4.15. The smallest absolute Gasteiger partial charge is 0.214 e. The van der Waals surface area contributed by atoms with Gasteiger partial charge in [0, 0.05) is 32.7 Å². The lowest BCUT2D eigenvalue weighted by atomic mass is 10.2. The molecule has 0 unspecified atom stereocenters. The molecule has 0 bridgehead atoms. The average Bonchev–Trinajstić information content (AvgIpc) is 2.98. The predicted molar refractivity (Wildman–Crippen MR) is 76.6 cm³/mol. The highest BCUT2D eigenvalue weighted by atomic mass is 32.2. The van der Waals surface area contributed by atoms with Crippen LogP contribution in [0.2, 0.25) is 0 Å². The van der Waals surface area contributed by atoms with E-state index in [9.17, 15) is 8.42 Å². The highest BCUT2D eigenvalue weighted by Gasteiger charge is 2.27. The summed E-state index contributed by atoms with van der Waals surface area (Å²) in [7, 11) is -1.26. The number of hydrogen-bond acceptors (Lipinski definition) is 3. The van der Waals surface area contributed by atoms with Crippen LogP contribution in [0.5, 0.6) is 0 Å². The van der Waals surface area contributed by atoms with E-state index in [0.717, 1.165) is 25.2 Å². The van der Waals surface area contributed by atoms with Gasteiger partial charge in [0.25, 0.3) is 0 Å². The minimum atomic E-state index is -2.99. The van der Waals surface area contributed by atoms with E-state index in [0.29, 0.717) is 25.7 Å². The van der Waals surface area contributed by atoms with E-state index in [-0.39, 0.29) is 5.75 Å². The predicted octanol–water partition coefficient (Wildman–Crippen LogP) is -0.0945. The van der Waals surface area contributed by atoms with Gasteiger partial charge in [0.1, 0.15) is 0 Å². The van der Waals surface area contributed by atoms with Crippen LogP contribution in [0.25, 0.3) is 0 Å². The molecule has 0 radical (unpaired) electrons. The molecule has 108 valence electrons. The Hall–Kier alpha value is -1.08. The maximum atomic E-state index is 11.6. The maximum absolute atomic E-state index is 11.6. The fraction of sp³-hybridized carbons (Fsp3) is 0.750. The maximum Gasteiger partial charge on any atom is 0.214 e. The van der Waals surface area contributed by atoms with E-state index in [1.807, 2.05) is 0 Å². The van der Waals surface area contributed by atoms with E-state index >= 15 is 0 Å². The van der Waals surface area contributed by atoms with Crippen molar-refractivity contribution in [3.05, 3.63) is 12.2 Å². The summed E-state index contributed by atoms with van der Waals surface area (Å²) in [5.74, 6) is 1.03. The Morgan fingerprint density at radius 3 is 2.74 bits per heavy atom. The number of nitrogens with one attached hydrogen (secondary N) is 2. The van der Waals surface area contributed by atoms with Gasteiger partial charge in [-0.2, -0.15) is 0 Å². The monoisotopic (exact) mass is 286 g/mol. The van der Waals surface area contributed by atoms with Gasteiger partial charge in [0.15, 0.2) is 5.96 Å². The Morgan fingerprint density at radius 2 is 2.16 bits per heavy atom. The van der Waals surface area contributed by atoms with E-state index in [1.54, 1.807) is 11.4 Å². The number of nitrogens with zero attached hydrogens (tertiary/aromatic N) is 2. The van der Waals surface area contributed by atoms with E-state index in [1.165, 1.54) is 0 Å². The summed E-state index contributed by atoms with van der Waals surface area (Å²) in [5.41, 5.74) is 0. The van der Waals surface area contributed by atoms with Gasteiger partial charge in [0.2, 0.25) is 10.0 Å². The average molecular weight is 286 g/mol. The van der Waals surface area contributed by atoms with E-state index in [4.69, 9.17) is 0 Å². The number of aliphatic imine (C=N–C) groups is 1. The molecule has 1 fully saturated rings. The summed E-state index contributed by atoms with van der Waals surface area (Å²) < 4.78 is 24.8. The largest absolute Gasteiger partial charge is 0.355 e. The number of rotatable bonds is 4. The van der Waals surface area contributed by atoms with Gasteiger partial charge in [-0.3, -0.25) is 4.99 Å². The van der Waals surface area contributed by atoms with Crippen molar-refractivity contribution in [2.75, 3.05) is 32.4 Å². The quantitative estimate of drug-likeness (QED) is 0.430. The first-order chi connectivity index (χ1) is 9.12. The zero-order chi connectivity index (χ0) is 13.7. The number of guanidine groups is 1. The number of sulfonamides is 1. The minimum absolute atomic E-state index is 0.285. The zero-order valence-corrected chi connectivity index (χ0v) is 12.1. The molecule has 0 aromatic heterocycles. The molecule has 2 aliphatic rings. The second kappa shape index (κ2) is 6.38. The van der Waals surface area contributed by atoms with Gasteiger partial charge in [-0.05, 0) is 19.3 Å². The van der Waals surface area contributed by atoms with Crippen molar-refractivity contribution < 1.29 is 8.42 Å². The van der Waals surface area contributed by atoms with Gasteiger partial charge in [-0.25, -0.2) is 12.7 Å². The standard InChI is InChI=1S/C12H22N4O2S/c1-13-12(15-11-5-2-3-6-11)14-7-9-16-8-4-10-19(16,17)18/h2-3,11H,4-10H2,1H3,(H2,13,14,15). The van der Waals surface area contributed by atoms with Crippen LogP contribution in [0.1, 0.15) is 19.3 Å². The van der Waals surface area contributed by atoms with Crippen molar-refractivity contribution in [2.45, 2.75) is 25.3 Å². The molecule has 2 rings (SSSR count). The second-order valence-corrected chi connectivity index (χ2v) is 6.94. The Kier molecular flexibility index (Phi) is 4.81. The van der Waals surface area contributed by atoms with Crippen molar-refractivity contribution in [1.82, 2.24) is 14.9 Å². The molecule has 6 nitrogen and oxygen atoms in total. The van der Waals surface area contributed by atoms with Crippen molar-refractivity contribution >= 4 is 16.0 Å². The van der Waals surface area contributed by atoms with Gasteiger partial charge < -0.3 is 10.6 Å². The van der Waals surface area contributed by atoms with Crippen LogP contribution in [-0.2, 0) is 10.0 Å². The molecule has 0 saturated carbocycles. The summed E-state index contributed by atoms with van der Waals surface area (Å²) in [5, 5.41) is 6.49. The van der Waals surface area contributed by atoms with Crippen LogP contribution in [0, 0.1) is 0 Å². The molecule has 19 heavy (non-hydrogen) atoms. The third kappa shape index (κ3) is 3.94. The molecule has 1 heterocycles. The Morgan fingerprint density at radius 1 is 1.42 bits per heavy atom. The molecular weight excluding hydrogens is 264 g/mol. The fourth-order valence-electron chi connectivity index (χ4n) is 2.36. The van der Waals surface area contributed by atoms with Crippen molar-refractivity contribution in [2.24, 2.45) is 4.99 Å². The van der Waals surface area contributed by atoms with E-state index < -0.39 is 10.0 Å². The first kappa shape index (κ1) is 14.3. The van der Waals surface area contributed by atoms with E-state index in [2.05, 4.69) is 27.8 Å². The van der Waals surface area contributed by atoms with Crippen molar-refractivity contribution in [1.29, 1.82) is 0 Å². The lowest BCUT2D eigenvalue weighted by molar-refractivity contribution is 0.444. The van der Waals surface area contributed by atoms with Crippen LogP contribution < -0.4 is 10.6 Å². The highest BCUT2D eigenvalue weighted by Crippen LogP contribution is 2.12. The topological polar surface area (TPSA) is 73.8 Å². The molecule has 1 saturated heterocycles. The normalized spacial score (nSPS) is 23.9. The Labute approximate surface area is 115 Å². The molecule has 1 aliphatic heterocycles. The first-order valence-corrected chi connectivity index (χ1v) is 8.33. The Bertz CT molecular complexity index is 450. The Balaban J connectivity index is 1.71. The molecular formula is C12H22N4O2S. The van der Waals surface area contributed by atoms with Crippen LogP contribution >= 0.6 is 0 Å². The van der Waals surface area contributed by atoms with Crippen LogP contribution in [0.4, 0.5) is 0 Å². The van der Waals surface area contributed by atoms with Crippen LogP contribution in [-0.4, -0.2) is 57.2 Å². The summed E-state index contributed by atoms with van der Waals surface area (Å²) in [6.07, 6.45) is 7.08. The third-order valence-corrected chi connectivity index (χ3v) is 5.39. The van der Waals surface area contributed by atoms with Gasteiger partial charge >= 0.3 is 0 Å². The van der Waals surface area contributed by atoms with Gasteiger partial charge in [-0.1, -0.05) is 12.2 Å². The molecule has 0 aromatic carbocycles. The molecule has 0 atom stereocenters. The van der Waals surface area contributed by atoms with Crippen molar-refractivity contribution in [3.63, 3.8) is 0 Å². The fourth-order valence-corrected chi connectivity index (χ4v) is 3.89. The first-order valence-electron chi connectivity index (χ1n) is 6.72. The van der Waals surface area contributed by atoms with Crippen molar-refractivity contribution in [3.8, 4) is 0 Å². The SMILES string of the molecule is CN=C(NCCN1CCCS1(=O)=O)NC1CC=CC1. The molecule has 0 spiro atoms. The number of hydrogen-bond donors (Lipinski definition) is 2. The molecule has 0 amide bonds. The summed E-state index contributed by atoms with van der Waals surface area (Å²) >= 11 is 0. The minimum Gasteiger partial charge on any atom is -0.355 e. The molecule has 0 aromatic rings. The molecule has 7 heteroatoms. The van der Waals surface area contributed by atoms with Crippen LogP contribution in [0.3, 0.4) is 0 Å². The molecule has 2 N–H and O–H groups in total. The second-order valence-electron chi connectivity index (χ2n) is 4.85. The zero-order valence-electron chi connectivity index (χ0n) is 11.3. The van der Waals surface area contributed by atoms with Gasteiger partial charge in [0.05, 0.1) is 5.75 Å². The molecule has 1 aliphatic carbocycles. The summed E-state index contributed by atoms with van der Waals surface area (Å²) in [6.45, 7) is 1.73. The summed E-state index contributed by atoms with van der Waals surface area (Å²) in [6, 6.07) is 0.404. The van der Waals surface area contributed by atoms with Gasteiger partial charge in [-0.15, -0.1) is 0 Å². The lowest BCUT2D eigenvalue weighted by Gasteiger charge is -2.19. The lowest BCUT2D eigenvalue weighted by Crippen LogP contribution is -2.45. The highest BCUT2D eigenvalue weighted by molar-refractivity contribution is 7.89.